The fraction of sp³-hybridized carbons (Fsp3) is 0.500. The van der Waals surface area contributed by atoms with Crippen molar-refractivity contribution in [3.05, 3.63) is 60.2 Å². The molecule has 3 rings (SSSR count). The molecule has 0 saturated carbocycles. The highest BCUT2D eigenvalue weighted by molar-refractivity contribution is 7.80. The zero-order chi connectivity index (χ0) is 40.7. The summed E-state index contributed by atoms with van der Waals surface area (Å²) in [6, 6.07) is 11.8. The molecule has 1 aliphatic heterocycles. The van der Waals surface area contributed by atoms with Gasteiger partial charge in [-0.15, -0.1) is 0 Å². The van der Waals surface area contributed by atoms with E-state index in [0.717, 1.165) is 5.56 Å². The zero-order valence-corrected chi connectivity index (χ0v) is 32.6. The summed E-state index contributed by atoms with van der Waals surface area (Å²) in [6.07, 6.45) is -2.29. The number of hydrogen-bond acceptors (Lipinski definition) is 12. The molecule has 300 valence electrons. The number of aryl methyl sites for hydroxylation is 1. The molecule has 0 aliphatic carbocycles. The molecule has 4 atom stereocenters. The topological polar surface area (TPSA) is 222 Å². The minimum atomic E-state index is -1.53. The van der Waals surface area contributed by atoms with Gasteiger partial charge in [-0.25, -0.2) is 14.4 Å². The van der Waals surface area contributed by atoms with Crippen LogP contribution in [0.5, 0.6) is 11.5 Å². The summed E-state index contributed by atoms with van der Waals surface area (Å²) < 4.78 is 21.8. The summed E-state index contributed by atoms with van der Waals surface area (Å²) >= 11 is 4.06. The molecule has 1 fully saturated rings. The lowest BCUT2D eigenvalue weighted by molar-refractivity contribution is -0.188. The van der Waals surface area contributed by atoms with Gasteiger partial charge in [0.15, 0.2) is 6.61 Å². The number of carbonyl (C=O) groups excluding carboxylic acids is 7. The number of carbonyl (C=O) groups is 7. The van der Waals surface area contributed by atoms with E-state index in [1.807, 2.05) is 32.9 Å². The number of rotatable bonds is 18. The SMILES string of the molecule is CC(=O)N[C@@H](CS)C(=O)OC(C)OC(=O)[C@H](CC1(C(N)=O)CCN(C(=O)Oc2ccccc2)CC1)NC(=O)[C@H](CC(C)C)NC(=O)COc1ccccc1C. The first-order valence-electron chi connectivity index (χ1n) is 17.9. The molecule has 5 amide bonds. The zero-order valence-electron chi connectivity index (χ0n) is 31.7. The molecule has 16 nitrogen and oxygen atoms in total. The van der Waals surface area contributed by atoms with Crippen LogP contribution in [0.15, 0.2) is 54.6 Å². The van der Waals surface area contributed by atoms with Crippen molar-refractivity contribution in [3.63, 3.8) is 0 Å². The quantitative estimate of drug-likeness (QED) is 0.0839. The third-order valence-electron chi connectivity index (χ3n) is 8.87. The van der Waals surface area contributed by atoms with E-state index >= 15 is 0 Å². The predicted octanol–water partition coefficient (Wildman–Crippen LogP) is 2.41. The van der Waals surface area contributed by atoms with Crippen molar-refractivity contribution in [1.29, 1.82) is 0 Å². The Bertz CT molecular complexity index is 1670. The second-order valence-corrected chi connectivity index (χ2v) is 14.1. The predicted molar refractivity (Wildman–Crippen MR) is 203 cm³/mol. The second kappa shape index (κ2) is 21.0. The molecule has 1 saturated heterocycles. The average Bonchev–Trinajstić information content (AvgIpc) is 3.13. The van der Waals surface area contributed by atoms with Crippen LogP contribution in [0.2, 0.25) is 0 Å². The highest BCUT2D eigenvalue weighted by atomic mass is 32.1. The number of amides is 5. The van der Waals surface area contributed by atoms with E-state index in [2.05, 4.69) is 28.6 Å². The first-order valence-corrected chi connectivity index (χ1v) is 18.6. The largest absolute Gasteiger partial charge is 0.484 e. The fourth-order valence-electron chi connectivity index (χ4n) is 5.92. The van der Waals surface area contributed by atoms with Gasteiger partial charge in [-0.2, -0.15) is 12.6 Å². The van der Waals surface area contributed by atoms with Gasteiger partial charge in [0.25, 0.3) is 5.91 Å². The van der Waals surface area contributed by atoms with Gasteiger partial charge < -0.3 is 45.5 Å². The van der Waals surface area contributed by atoms with Crippen molar-refractivity contribution >= 4 is 54.3 Å². The Morgan fingerprint density at radius 3 is 2.00 bits per heavy atom. The van der Waals surface area contributed by atoms with Gasteiger partial charge in [0, 0.05) is 32.7 Å². The number of esters is 2. The lowest BCUT2D eigenvalue weighted by Crippen LogP contribution is -2.57. The fourth-order valence-corrected chi connectivity index (χ4v) is 6.16. The molecule has 0 spiro atoms. The van der Waals surface area contributed by atoms with Crippen LogP contribution >= 0.6 is 12.6 Å². The Balaban J connectivity index is 1.82. The molecular weight excluding hydrogens is 735 g/mol. The number of para-hydroxylation sites is 2. The van der Waals surface area contributed by atoms with Gasteiger partial charge in [-0.3, -0.25) is 19.2 Å². The van der Waals surface area contributed by atoms with Gasteiger partial charge in [-0.1, -0.05) is 50.2 Å². The van der Waals surface area contributed by atoms with Crippen LogP contribution in [-0.2, 0) is 38.2 Å². The van der Waals surface area contributed by atoms with E-state index in [1.54, 1.807) is 42.5 Å². The first-order chi connectivity index (χ1) is 26.0. The van der Waals surface area contributed by atoms with Crippen molar-refractivity contribution in [3.8, 4) is 11.5 Å². The van der Waals surface area contributed by atoms with E-state index in [4.69, 9.17) is 24.7 Å². The average molecular weight is 786 g/mol. The standard InChI is InChI=1S/C38H51N5O11S/c1-23(2)19-28(41-32(45)21-51-31-14-10-9-11-24(31)3)33(46)42-29(34(47)52-26(5)53-35(48)30(22-55)40-25(4)44)20-38(36(39)49)15-17-43(18-16-38)37(50)54-27-12-7-6-8-13-27/h6-14,23,26,28-30,55H,15-22H2,1-5H3,(H2,39,49)(H,40,44)(H,41,45)(H,42,46)/t26?,28-,29-,30-/m0/s1. The van der Waals surface area contributed by atoms with E-state index in [-0.39, 0.29) is 57.1 Å². The highest BCUT2D eigenvalue weighted by Gasteiger charge is 2.46. The minimum absolute atomic E-state index is 0.0130. The maximum Gasteiger partial charge on any atom is 0.415 e. The Hall–Kier alpha value is -5.32. The summed E-state index contributed by atoms with van der Waals surface area (Å²) in [5, 5.41) is 7.68. The number of primary amides is 1. The summed E-state index contributed by atoms with van der Waals surface area (Å²) in [4.78, 5) is 92.3. The lowest BCUT2D eigenvalue weighted by atomic mass is 9.73. The number of ether oxygens (including phenoxy) is 4. The smallest absolute Gasteiger partial charge is 0.415 e. The Morgan fingerprint density at radius 1 is 0.836 bits per heavy atom. The number of likely N-dealkylation sites (tertiary alicyclic amines) is 1. The van der Waals surface area contributed by atoms with Crippen molar-refractivity contribution in [1.82, 2.24) is 20.9 Å². The van der Waals surface area contributed by atoms with Crippen LogP contribution in [0.1, 0.15) is 58.9 Å². The Morgan fingerprint density at radius 2 is 1.44 bits per heavy atom. The molecule has 5 N–H and O–H groups in total. The van der Waals surface area contributed by atoms with E-state index in [1.165, 1.54) is 18.7 Å². The van der Waals surface area contributed by atoms with E-state index < -0.39 is 71.5 Å². The number of nitrogens with one attached hydrogen (secondary N) is 3. The number of nitrogens with zero attached hydrogens (tertiary/aromatic N) is 1. The number of hydrogen-bond donors (Lipinski definition) is 5. The molecule has 1 aliphatic rings. The summed E-state index contributed by atoms with van der Waals surface area (Å²) in [5.74, 6) is -3.99. The van der Waals surface area contributed by atoms with Crippen molar-refractivity contribution in [2.24, 2.45) is 17.1 Å². The molecule has 17 heteroatoms. The third-order valence-corrected chi connectivity index (χ3v) is 9.23. The normalized spacial score (nSPS) is 15.7. The number of thiol groups is 1. The van der Waals surface area contributed by atoms with Gasteiger partial charge >= 0.3 is 18.0 Å². The molecule has 1 unspecified atom stereocenters. The van der Waals surface area contributed by atoms with Crippen LogP contribution < -0.4 is 31.2 Å². The molecule has 55 heavy (non-hydrogen) atoms. The van der Waals surface area contributed by atoms with Crippen LogP contribution in [0.3, 0.4) is 0 Å². The number of nitrogens with two attached hydrogens (primary N) is 1. The van der Waals surface area contributed by atoms with Crippen molar-refractivity contribution in [2.45, 2.75) is 84.7 Å². The molecule has 2 aromatic rings. The van der Waals surface area contributed by atoms with Gasteiger partial charge in [0.2, 0.25) is 24.0 Å². The monoisotopic (exact) mass is 785 g/mol. The minimum Gasteiger partial charge on any atom is -0.484 e. The van der Waals surface area contributed by atoms with Gasteiger partial charge in [0.1, 0.15) is 29.6 Å². The summed E-state index contributed by atoms with van der Waals surface area (Å²) in [5.41, 5.74) is 5.36. The van der Waals surface area contributed by atoms with Crippen LogP contribution in [0.25, 0.3) is 0 Å². The summed E-state index contributed by atoms with van der Waals surface area (Å²) in [7, 11) is 0. The van der Waals surface area contributed by atoms with Crippen LogP contribution in [-0.4, -0.2) is 96.4 Å². The third kappa shape index (κ3) is 13.8. The number of piperidine rings is 1. The first kappa shape index (κ1) is 44.1. The maximum atomic E-state index is 13.9. The Kier molecular flexibility index (Phi) is 16.8. The Labute approximate surface area is 325 Å². The molecule has 0 bridgehead atoms. The summed E-state index contributed by atoms with van der Waals surface area (Å²) in [6.45, 7) is 7.67. The second-order valence-electron chi connectivity index (χ2n) is 13.8. The molecule has 0 aromatic heterocycles. The van der Waals surface area contributed by atoms with Crippen molar-refractivity contribution in [2.75, 3.05) is 25.4 Å². The molecular formula is C38H51N5O11S. The van der Waals surface area contributed by atoms with Gasteiger partial charge in [-0.05, 0) is 62.3 Å². The molecule has 0 radical (unpaired) electrons. The highest BCUT2D eigenvalue weighted by Crippen LogP contribution is 2.37. The molecule has 1 heterocycles. The van der Waals surface area contributed by atoms with Crippen molar-refractivity contribution < 1.29 is 52.5 Å². The molecule has 2 aromatic carbocycles. The van der Waals surface area contributed by atoms with Crippen LogP contribution in [0.4, 0.5) is 4.79 Å². The van der Waals surface area contributed by atoms with Crippen LogP contribution in [0, 0.1) is 18.3 Å². The van der Waals surface area contributed by atoms with E-state index in [0.29, 0.717) is 11.5 Å². The maximum absolute atomic E-state index is 13.9. The number of benzene rings is 2. The van der Waals surface area contributed by atoms with E-state index in [9.17, 15) is 33.6 Å². The lowest BCUT2D eigenvalue weighted by Gasteiger charge is -2.40. The van der Waals surface area contributed by atoms with Gasteiger partial charge in [0.05, 0.1) is 5.41 Å².